The first-order valence-electron chi connectivity index (χ1n) is 9.51. The third-order valence-electron chi connectivity index (χ3n) is 5.30. The predicted molar refractivity (Wildman–Crippen MR) is 109 cm³/mol. The van der Waals surface area contributed by atoms with Gasteiger partial charge in [-0.15, -0.1) is 12.4 Å². The summed E-state index contributed by atoms with van der Waals surface area (Å²) in [5.74, 6) is 1.54. The maximum absolute atomic E-state index is 12.2. The van der Waals surface area contributed by atoms with Crippen molar-refractivity contribution in [2.45, 2.75) is 44.1 Å². The van der Waals surface area contributed by atoms with Gasteiger partial charge in [0, 0.05) is 30.1 Å². The zero-order chi connectivity index (χ0) is 19.0. The van der Waals surface area contributed by atoms with E-state index >= 15 is 0 Å². The highest BCUT2D eigenvalue weighted by atomic mass is 35.5. The van der Waals surface area contributed by atoms with Gasteiger partial charge >= 0.3 is 0 Å². The maximum Gasteiger partial charge on any atom is 0.272 e. The standard InChI is InChI=1S/C19H25N5O3.ClH/c1-3-12(15-9-27-7-6-20-15)17-22-13(16(24-17)11-4-5-11)8-14-19(26)21-10(2)18(25)23-14;/h8,11-12,15,20H,2-7,9H2,1H3,(H,21,26)(H,22,24)(H,23,25);1H. The third kappa shape index (κ3) is 4.14. The molecule has 1 saturated carbocycles. The van der Waals surface area contributed by atoms with Crippen LogP contribution in [0.2, 0.25) is 0 Å². The van der Waals surface area contributed by atoms with Crippen molar-refractivity contribution < 1.29 is 4.74 Å². The number of imidazole rings is 1. The SMILES string of the molecule is C=c1[nH]c(=O)c(=Cc2nc(C(CC)C3COCCN3)[nH]c2C2CC2)[nH]c1=O.Cl. The molecule has 0 amide bonds. The number of halogens is 1. The van der Waals surface area contributed by atoms with Crippen molar-refractivity contribution in [3.63, 3.8) is 0 Å². The summed E-state index contributed by atoms with van der Waals surface area (Å²) in [6, 6.07) is 0.212. The molecule has 2 aromatic heterocycles. The summed E-state index contributed by atoms with van der Waals surface area (Å²) in [5.41, 5.74) is 0.986. The molecule has 1 aliphatic carbocycles. The fraction of sp³-hybridized carbons (Fsp3) is 0.526. The molecule has 3 heterocycles. The molecule has 4 N–H and O–H groups in total. The molecule has 152 valence electrons. The van der Waals surface area contributed by atoms with E-state index in [1.54, 1.807) is 6.08 Å². The minimum Gasteiger partial charge on any atom is -0.378 e. The molecule has 2 unspecified atom stereocenters. The molecule has 0 aromatic carbocycles. The fourth-order valence-corrected chi connectivity index (χ4v) is 3.66. The second-order valence-electron chi connectivity index (χ2n) is 7.29. The molecule has 28 heavy (non-hydrogen) atoms. The van der Waals surface area contributed by atoms with E-state index < -0.39 is 5.56 Å². The lowest BCUT2D eigenvalue weighted by Gasteiger charge is -2.29. The van der Waals surface area contributed by atoms with E-state index in [2.05, 4.69) is 33.8 Å². The largest absolute Gasteiger partial charge is 0.378 e. The molecule has 4 rings (SSSR count). The average Bonchev–Trinajstić information content (AvgIpc) is 3.43. The van der Waals surface area contributed by atoms with E-state index in [4.69, 9.17) is 9.72 Å². The summed E-state index contributed by atoms with van der Waals surface area (Å²) < 4.78 is 5.62. The number of morpholine rings is 1. The number of hydrogen-bond acceptors (Lipinski definition) is 5. The number of nitrogens with one attached hydrogen (secondary N) is 4. The van der Waals surface area contributed by atoms with Gasteiger partial charge in [-0.05, 0) is 25.3 Å². The summed E-state index contributed by atoms with van der Waals surface area (Å²) in [5, 5.41) is 3.76. The van der Waals surface area contributed by atoms with E-state index in [9.17, 15) is 9.59 Å². The van der Waals surface area contributed by atoms with Gasteiger partial charge in [-0.2, -0.15) is 0 Å². The van der Waals surface area contributed by atoms with Crippen molar-refractivity contribution >= 4 is 25.1 Å². The number of aromatic amines is 3. The van der Waals surface area contributed by atoms with Gasteiger partial charge in [0.05, 0.1) is 24.3 Å². The molecule has 8 nitrogen and oxygen atoms in total. The van der Waals surface area contributed by atoms with Crippen molar-refractivity contribution in [1.82, 2.24) is 25.3 Å². The Morgan fingerprint density at radius 2 is 2.04 bits per heavy atom. The van der Waals surface area contributed by atoms with Gasteiger partial charge in [-0.25, -0.2) is 4.98 Å². The van der Waals surface area contributed by atoms with Gasteiger partial charge in [0.2, 0.25) is 0 Å². The minimum absolute atomic E-state index is 0. The quantitative estimate of drug-likeness (QED) is 0.548. The third-order valence-corrected chi connectivity index (χ3v) is 5.30. The minimum atomic E-state index is -0.403. The Morgan fingerprint density at radius 3 is 2.68 bits per heavy atom. The lowest BCUT2D eigenvalue weighted by atomic mass is 9.96. The van der Waals surface area contributed by atoms with Gasteiger partial charge in [-0.1, -0.05) is 13.5 Å². The molecule has 2 aromatic rings. The number of nitrogens with zero attached hydrogens (tertiary/aromatic N) is 1. The van der Waals surface area contributed by atoms with Gasteiger partial charge < -0.3 is 25.0 Å². The molecule has 0 spiro atoms. The van der Waals surface area contributed by atoms with E-state index in [0.717, 1.165) is 49.6 Å². The van der Waals surface area contributed by atoms with E-state index in [1.807, 2.05) is 0 Å². The molecule has 1 saturated heterocycles. The summed E-state index contributed by atoms with van der Waals surface area (Å²) in [6.07, 6.45) is 4.79. The fourth-order valence-electron chi connectivity index (χ4n) is 3.66. The monoisotopic (exact) mass is 407 g/mol. The first kappa shape index (κ1) is 20.6. The van der Waals surface area contributed by atoms with Crippen molar-refractivity contribution in [2.75, 3.05) is 19.8 Å². The lowest BCUT2D eigenvalue weighted by molar-refractivity contribution is 0.0664. The molecule has 0 radical (unpaired) electrons. The summed E-state index contributed by atoms with van der Waals surface area (Å²) in [7, 11) is 0. The van der Waals surface area contributed by atoms with Crippen molar-refractivity contribution in [1.29, 1.82) is 0 Å². The molecule has 2 aliphatic rings. The van der Waals surface area contributed by atoms with E-state index in [-0.39, 0.29) is 40.6 Å². The molecular formula is C19H26ClN5O3. The Balaban J connectivity index is 0.00000225. The Hall–Kier alpha value is -2.16. The van der Waals surface area contributed by atoms with Crippen LogP contribution in [0.15, 0.2) is 9.59 Å². The zero-order valence-electron chi connectivity index (χ0n) is 15.8. The second kappa shape index (κ2) is 8.46. The van der Waals surface area contributed by atoms with Crippen LogP contribution in [-0.2, 0) is 4.74 Å². The predicted octanol–water partition coefficient (Wildman–Crippen LogP) is -0.193. The number of rotatable bonds is 5. The van der Waals surface area contributed by atoms with Crippen LogP contribution in [0.25, 0.3) is 12.7 Å². The smallest absolute Gasteiger partial charge is 0.272 e. The normalized spacial score (nSPS) is 21.3. The van der Waals surface area contributed by atoms with E-state index in [0.29, 0.717) is 12.5 Å². The number of ether oxygens (including phenoxy) is 1. The number of hydrogen-bond donors (Lipinski definition) is 4. The summed E-state index contributed by atoms with van der Waals surface area (Å²) in [4.78, 5) is 37.4. The maximum atomic E-state index is 12.2. The highest BCUT2D eigenvalue weighted by Crippen LogP contribution is 2.41. The van der Waals surface area contributed by atoms with Crippen LogP contribution in [0.5, 0.6) is 0 Å². The highest BCUT2D eigenvalue weighted by Gasteiger charge is 2.32. The Kier molecular flexibility index (Phi) is 6.22. The van der Waals surface area contributed by atoms with Gasteiger partial charge in [0.25, 0.3) is 11.1 Å². The van der Waals surface area contributed by atoms with Crippen molar-refractivity contribution in [3.05, 3.63) is 48.6 Å². The topological polar surface area (TPSA) is 116 Å². The summed E-state index contributed by atoms with van der Waals surface area (Å²) in [6.45, 7) is 7.89. The number of H-pyrrole nitrogens is 3. The molecule has 2 atom stereocenters. The first-order chi connectivity index (χ1) is 13.1. The highest BCUT2D eigenvalue weighted by molar-refractivity contribution is 5.85. The number of aromatic nitrogens is 4. The zero-order valence-corrected chi connectivity index (χ0v) is 16.7. The lowest BCUT2D eigenvalue weighted by Crippen LogP contribution is -2.46. The molecule has 2 fully saturated rings. The molecule has 1 aliphatic heterocycles. The van der Waals surface area contributed by atoms with Crippen LogP contribution < -0.4 is 27.1 Å². The Bertz CT molecular complexity index is 1050. The van der Waals surface area contributed by atoms with Gasteiger partial charge in [0.15, 0.2) is 0 Å². The molecule has 0 bridgehead atoms. The van der Waals surface area contributed by atoms with Gasteiger partial charge in [0.1, 0.15) is 11.2 Å². The van der Waals surface area contributed by atoms with Crippen molar-refractivity contribution in [3.8, 4) is 0 Å². The van der Waals surface area contributed by atoms with Crippen LogP contribution in [0, 0.1) is 0 Å². The van der Waals surface area contributed by atoms with Crippen LogP contribution in [0.4, 0.5) is 0 Å². The Labute approximate surface area is 167 Å². The van der Waals surface area contributed by atoms with Crippen LogP contribution >= 0.6 is 12.4 Å². The first-order valence-corrected chi connectivity index (χ1v) is 9.51. The van der Waals surface area contributed by atoms with Crippen molar-refractivity contribution in [2.24, 2.45) is 0 Å². The Morgan fingerprint density at radius 1 is 1.25 bits per heavy atom. The molecule has 9 heteroatoms. The van der Waals surface area contributed by atoms with E-state index in [1.165, 1.54) is 0 Å². The van der Waals surface area contributed by atoms with Gasteiger partial charge in [-0.3, -0.25) is 9.59 Å². The molecular weight excluding hydrogens is 382 g/mol. The van der Waals surface area contributed by atoms with Crippen LogP contribution in [-0.4, -0.2) is 45.7 Å². The van der Waals surface area contributed by atoms with Crippen LogP contribution in [0.3, 0.4) is 0 Å². The summed E-state index contributed by atoms with van der Waals surface area (Å²) >= 11 is 0. The second-order valence-corrected chi connectivity index (χ2v) is 7.29. The van der Waals surface area contributed by atoms with Crippen LogP contribution in [0.1, 0.15) is 55.2 Å². The average molecular weight is 408 g/mol.